The third-order valence-electron chi connectivity index (χ3n) is 2.29. The van der Waals surface area contributed by atoms with Gasteiger partial charge in [0.1, 0.15) is 5.69 Å². The number of hydrogen-bond acceptors (Lipinski definition) is 5. The Kier molecular flexibility index (Phi) is 4.05. The molecule has 0 fully saturated rings. The molecule has 2 N–H and O–H groups in total. The molecule has 0 unspecified atom stereocenters. The zero-order chi connectivity index (χ0) is 15.5. The zero-order valence-electron chi connectivity index (χ0n) is 10.7. The van der Waals surface area contributed by atoms with Crippen LogP contribution in [0.25, 0.3) is 0 Å². The van der Waals surface area contributed by atoms with E-state index >= 15 is 0 Å². The van der Waals surface area contributed by atoms with Gasteiger partial charge in [0, 0.05) is 6.20 Å². The van der Waals surface area contributed by atoms with Crippen molar-refractivity contribution in [3.05, 3.63) is 29.6 Å². The summed E-state index contributed by atoms with van der Waals surface area (Å²) in [5.74, 6) is -0.715. The maximum Gasteiger partial charge on any atom is 0.417 e. The minimum absolute atomic E-state index is 0.00477. The molecule has 2 rings (SSSR count). The van der Waals surface area contributed by atoms with Gasteiger partial charge in [0.15, 0.2) is 0 Å². The van der Waals surface area contributed by atoms with Gasteiger partial charge in [0.05, 0.1) is 12.2 Å². The van der Waals surface area contributed by atoms with E-state index in [-0.39, 0.29) is 17.7 Å². The van der Waals surface area contributed by atoms with Crippen molar-refractivity contribution in [1.29, 1.82) is 0 Å². The van der Waals surface area contributed by atoms with Crippen molar-refractivity contribution in [1.82, 2.24) is 20.2 Å². The number of nitrogens with zero attached hydrogens (tertiary/aromatic N) is 3. The van der Waals surface area contributed by atoms with Crippen LogP contribution in [0.5, 0.6) is 6.01 Å². The molecular formula is C11H10F3N5O2. The summed E-state index contributed by atoms with van der Waals surface area (Å²) in [7, 11) is 0. The number of pyridine rings is 1. The second-order valence-corrected chi connectivity index (χ2v) is 3.78. The van der Waals surface area contributed by atoms with Gasteiger partial charge in [-0.2, -0.15) is 18.2 Å². The molecule has 10 heteroatoms. The minimum atomic E-state index is -4.50. The first-order valence-electron chi connectivity index (χ1n) is 5.80. The van der Waals surface area contributed by atoms with E-state index in [0.29, 0.717) is 12.8 Å². The molecule has 0 saturated carbocycles. The van der Waals surface area contributed by atoms with Crippen LogP contribution >= 0.6 is 0 Å². The fourth-order valence-electron chi connectivity index (χ4n) is 1.36. The van der Waals surface area contributed by atoms with E-state index in [1.807, 2.05) is 0 Å². The van der Waals surface area contributed by atoms with Crippen molar-refractivity contribution in [3.8, 4) is 6.01 Å². The number of amides is 1. The topological polar surface area (TPSA) is 92.8 Å². The summed E-state index contributed by atoms with van der Waals surface area (Å²) in [6.45, 7) is 2.09. The number of aromatic nitrogens is 4. The molecule has 0 aromatic carbocycles. The molecule has 0 aliphatic heterocycles. The van der Waals surface area contributed by atoms with Crippen molar-refractivity contribution in [3.63, 3.8) is 0 Å². The van der Waals surface area contributed by atoms with Crippen LogP contribution in [0.1, 0.15) is 23.0 Å². The second kappa shape index (κ2) is 5.77. The number of nitrogens with one attached hydrogen (secondary N) is 2. The Morgan fingerprint density at radius 1 is 1.43 bits per heavy atom. The first-order valence-corrected chi connectivity index (χ1v) is 5.80. The van der Waals surface area contributed by atoms with Crippen molar-refractivity contribution in [2.45, 2.75) is 13.1 Å². The lowest BCUT2D eigenvalue weighted by Gasteiger charge is -2.06. The summed E-state index contributed by atoms with van der Waals surface area (Å²) in [5, 5.41) is 8.36. The third-order valence-corrected chi connectivity index (χ3v) is 2.29. The van der Waals surface area contributed by atoms with E-state index in [9.17, 15) is 18.0 Å². The van der Waals surface area contributed by atoms with Gasteiger partial charge < -0.3 is 4.74 Å². The standard InChI is InChI=1S/C11H10F3N5O2/c1-2-21-10-17-9(18-19-10)16-8(20)7-4-3-6(5-15-7)11(12,13)14/h3-5H,2H2,1H3,(H2,16,17,18,19,20). The number of ether oxygens (including phenoxy) is 1. The summed E-state index contributed by atoms with van der Waals surface area (Å²) in [5.41, 5.74) is -1.12. The van der Waals surface area contributed by atoms with Crippen LogP contribution in [0.2, 0.25) is 0 Å². The second-order valence-electron chi connectivity index (χ2n) is 3.78. The van der Waals surface area contributed by atoms with Crippen LogP contribution in [-0.4, -0.2) is 32.7 Å². The molecule has 2 heterocycles. The normalized spacial score (nSPS) is 11.2. The molecule has 0 spiro atoms. The Bertz CT molecular complexity index is 624. The van der Waals surface area contributed by atoms with Crippen LogP contribution in [0, 0.1) is 0 Å². The number of aromatic amines is 1. The van der Waals surface area contributed by atoms with Gasteiger partial charge in [-0.15, -0.1) is 5.10 Å². The molecule has 112 valence electrons. The number of carbonyl (C=O) groups excluding carboxylic acids is 1. The lowest BCUT2D eigenvalue weighted by Crippen LogP contribution is -2.15. The Balaban J connectivity index is 2.06. The van der Waals surface area contributed by atoms with Crippen molar-refractivity contribution in [2.75, 3.05) is 11.9 Å². The van der Waals surface area contributed by atoms with Crippen molar-refractivity contribution < 1.29 is 22.7 Å². The Hall–Kier alpha value is -2.65. The summed E-state index contributed by atoms with van der Waals surface area (Å²) >= 11 is 0. The average Bonchev–Trinajstić information content (AvgIpc) is 2.86. The first-order chi connectivity index (χ1) is 9.90. The molecule has 2 aromatic rings. The van der Waals surface area contributed by atoms with Crippen molar-refractivity contribution in [2.24, 2.45) is 0 Å². The molecule has 0 atom stereocenters. The van der Waals surface area contributed by atoms with E-state index < -0.39 is 17.6 Å². The van der Waals surface area contributed by atoms with Crippen LogP contribution in [0.15, 0.2) is 18.3 Å². The smallest absolute Gasteiger partial charge is 0.417 e. The van der Waals surface area contributed by atoms with Gasteiger partial charge in [-0.05, 0) is 19.1 Å². The largest absolute Gasteiger partial charge is 0.463 e. The predicted molar refractivity (Wildman–Crippen MR) is 64.7 cm³/mol. The van der Waals surface area contributed by atoms with Gasteiger partial charge in [-0.3, -0.25) is 15.1 Å². The maximum atomic E-state index is 12.4. The number of H-pyrrole nitrogens is 1. The summed E-state index contributed by atoms with van der Waals surface area (Å²) in [6.07, 6.45) is -3.92. The average molecular weight is 301 g/mol. The third kappa shape index (κ3) is 3.68. The number of carbonyl (C=O) groups is 1. The van der Waals surface area contributed by atoms with Crippen LogP contribution in [0.3, 0.4) is 0 Å². The highest BCUT2D eigenvalue weighted by Crippen LogP contribution is 2.28. The zero-order valence-corrected chi connectivity index (χ0v) is 10.7. The monoisotopic (exact) mass is 301 g/mol. The summed E-state index contributed by atoms with van der Waals surface area (Å²) in [6, 6.07) is 1.79. The van der Waals surface area contributed by atoms with Gasteiger partial charge in [0.25, 0.3) is 5.91 Å². The summed E-state index contributed by atoms with van der Waals surface area (Å²) in [4.78, 5) is 19.0. The Morgan fingerprint density at radius 3 is 2.76 bits per heavy atom. The molecule has 0 aliphatic carbocycles. The van der Waals surface area contributed by atoms with Gasteiger partial charge in [-0.1, -0.05) is 0 Å². The van der Waals surface area contributed by atoms with E-state index in [1.54, 1.807) is 6.92 Å². The number of rotatable bonds is 4. The molecule has 0 bridgehead atoms. The summed E-state index contributed by atoms with van der Waals surface area (Å²) < 4.78 is 42.1. The fraction of sp³-hybridized carbons (Fsp3) is 0.273. The quantitative estimate of drug-likeness (QED) is 0.899. The van der Waals surface area contributed by atoms with Crippen LogP contribution < -0.4 is 10.1 Å². The number of halogens is 3. The van der Waals surface area contributed by atoms with Gasteiger partial charge >= 0.3 is 12.2 Å². The molecule has 21 heavy (non-hydrogen) atoms. The maximum absolute atomic E-state index is 12.4. The first kappa shape index (κ1) is 14.8. The van der Waals surface area contributed by atoms with Crippen molar-refractivity contribution >= 4 is 11.9 Å². The predicted octanol–water partition coefficient (Wildman–Crippen LogP) is 1.87. The fourth-order valence-corrected chi connectivity index (χ4v) is 1.36. The van der Waals surface area contributed by atoms with E-state index in [4.69, 9.17) is 4.74 Å². The molecule has 7 nitrogen and oxygen atoms in total. The van der Waals surface area contributed by atoms with Crippen LogP contribution in [-0.2, 0) is 6.18 Å². The SMILES string of the molecule is CCOc1n[nH]c(NC(=O)c2ccc(C(F)(F)F)cn2)n1. The van der Waals surface area contributed by atoms with Gasteiger partial charge in [0.2, 0.25) is 5.95 Å². The highest BCUT2D eigenvalue weighted by atomic mass is 19.4. The number of alkyl halides is 3. The molecular weight excluding hydrogens is 291 g/mol. The minimum Gasteiger partial charge on any atom is -0.463 e. The van der Waals surface area contributed by atoms with E-state index in [1.165, 1.54) is 0 Å². The molecule has 0 aliphatic rings. The molecule has 0 saturated heterocycles. The number of anilines is 1. The molecule has 2 aromatic heterocycles. The van der Waals surface area contributed by atoms with Gasteiger partial charge in [-0.25, -0.2) is 5.10 Å². The van der Waals surface area contributed by atoms with E-state index in [2.05, 4.69) is 25.5 Å². The Morgan fingerprint density at radius 2 is 2.19 bits per heavy atom. The van der Waals surface area contributed by atoms with E-state index in [0.717, 1.165) is 12.1 Å². The number of hydrogen-bond donors (Lipinski definition) is 2. The van der Waals surface area contributed by atoms with Crippen LogP contribution in [0.4, 0.5) is 19.1 Å². The molecule has 0 radical (unpaired) electrons. The lowest BCUT2D eigenvalue weighted by atomic mass is 10.2. The highest BCUT2D eigenvalue weighted by Gasteiger charge is 2.30. The highest BCUT2D eigenvalue weighted by molar-refractivity contribution is 6.01. The lowest BCUT2D eigenvalue weighted by molar-refractivity contribution is -0.137. The Labute approximate surface area is 116 Å². The molecule has 1 amide bonds.